The number of hydrogen-bond donors (Lipinski definition) is 0. The summed E-state index contributed by atoms with van der Waals surface area (Å²) in [5.74, 6) is 0.741. The van der Waals surface area contributed by atoms with Crippen LogP contribution in [-0.4, -0.2) is 4.98 Å². The Morgan fingerprint density at radius 3 is 2.68 bits per heavy atom. The van der Waals surface area contributed by atoms with Crippen LogP contribution < -0.4 is 4.74 Å². The molecule has 19 heavy (non-hydrogen) atoms. The molecule has 0 bridgehead atoms. The van der Waals surface area contributed by atoms with Gasteiger partial charge in [-0.05, 0) is 36.2 Å². The molecule has 0 fully saturated rings. The van der Waals surface area contributed by atoms with E-state index in [0.29, 0.717) is 17.5 Å². The summed E-state index contributed by atoms with van der Waals surface area (Å²) in [4.78, 5) is 4.33. The summed E-state index contributed by atoms with van der Waals surface area (Å²) >= 11 is 11.7. The van der Waals surface area contributed by atoms with Crippen LogP contribution in [0.25, 0.3) is 0 Å². The Labute approximate surface area is 121 Å². The molecule has 0 aliphatic rings. The largest absolute Gasteiger partial charge is 0.437 e. The maximum Gasteiger partial charge on any atom is 0.219 e. The Morgan fingerprint density at radius 1 is 1.26 bits per heavy atom. The average molecular weight is 300 g/mol. The molecule has 0 saturated carbocycles. The normalized spacial score (nSPS) is 10.5. The van der Waals surface area contributed by atoms with E-state index in [-0.39, 0.29) is 5.02 Å². The van der Waals surface area contributed by atoms with Gasteiger partial charge in [-0.2, -0.15) is 0 Å². The van der Waals surface area contributed by atoms with Gasteiger partial charge in [0, 0.05) is 17.6 Å². The Bertz CT molecular complexity index is 567. The lowest BCUT2D eigenvalue weighted by molar-refractivity contribution is 0.459. The van der Waals surface area contributed by atoms with Crippen LogP contribution >= 0.6 is 23.2 Å². The number of nitrogens with zero attached hydrogens (tertiary/aromatic N) is 1. The van der Waals surface area contributed by atoms with Crippen molar-refractivity contribution in [2.24, 2.45) is 0 Å². The molecule has 0 unspecified atom stereocenters. The molecule has 100 valence electrons. The van der Waals surface area contributed by atoms with Crippen molar-refractivity contribution in [3.63, 3.8) is 0 Å². The van der Waals surface area contributed by atoms with E-state index in [1.54, 1.807) is 6.07 Å². The second-order valence-electron chi connectivity index (χ2n) is 3.97. The first-order valence-corrected chi connectivity index (χ1v) is 6.72. The molecule has 5 heteroatoms. The fourth-order valence-electron chi connectivity index (χ4n) is 1.60. The van der Waals surface area contributed by atoms with Gasteiger partial charge in [-0.1, -0.05) is 18.5 Å². The lowest BCUT2D eigenvalue weighted by Gasteiger charge is -2.09. The number of ether oxygens (including phenoxy) is 1. The number of aryl methyl sites for hydroxylation is 1. The Hall–Kier alpha value is -1.32. The van der Waals surface area contributed by atoms with Gasteiger partial charge in [-0.25, -0.2) is 9.37 Å². The molecule has 0 saturated heterocycles. The first kappa shape index (κ1) is 14.1. The molecule has 1 heterocycles. The summed E-state index contributed by atoms with van der Waals surface area (Å²) in [6.07, 6.45) is 0.776. The van der Waals surface area contributed by atoms with E-state index in [2.05, 4.69) is 4.98 Å². The summed E-state index contributed by atoms with van der Waals surface area (Å²) in [5.41, 5.74) is 1.80. The minimum absolute atomic E-state index is 0.205. The zero-order valence-electron chi connectivity index (χ0n) is 10.3. The third kappa shape index (κ3) is 3.58. The zero-order valence-corrected chi connectivity index (χ0v) is 11.8. The number of halogens is 3. The van der Waals surface area contributed by atoms with Gasteiger partial charge in [-0.3, -0.25) is 0 Å². The molecule has 0 spiro atoms. The molecule has 1 aromatic carbocycles. The maximum atomic E-state index is 13.0. The van der Waals surface area contributed by atoms with Crippen molar-refractivity contribution in [1.29, 1.82) is 0 Å². The summed E-state index contributed by atoms with van der Waals surface area (Å²) in [6.45, 7) is 2.00. The van der Waals surface area contributed by atoms with E-state index in [4.69, 9.17) is 27.9 Å². The molecule has 0 aliphatic carbocycles. The topological polar surface area (TPSA) is 22.1 Å². The van der Waals surface area contributed by atoms with Crippen LogP contribution in [0.15, 0.2) is 30.3 Å². The fourth-order valence-corrected chi connectivity index (χ4v) is 1.96. The van der Waals surface area contributed by atoms with Crippen LogP contribution in [0.2, 0.25) is 5.02 Å². The van der Waals surface area contributed by atoms with E-state index >= 15 is 0 Å². The van der Waals surface area contributed by atoms with E-state index in [0.717, 1.165) is 17.7 Å². The van der Waals surface area contributed by atoms with Crippen LogP contribution in [0.4, 0.5) is 4.39 Å². The van der Waals surface area contributed by atoms with E-state index < -0.39 is 5.82 Å². The summed E-state index contributed by atoms with van der Waals surface area (Å²) < 4.78 is 18.5. The van der Waals surface area contributed by atoms with E-state index in [1.807, 2.05) is 13.0 Å². The number of pyridine rings is 1. The van der Waals surface area contributed by atoms with Gasteiger partial charge >= 0.3 is 0 Å². The molecule has 2 nitrogen and oxygen atoms in total. The van der Waals surface area contributed by atoms with Crippen molar-refractivity contribution in [1.82, 2.24) is 4.98 Å². The molecule has 0 radical (unpaired) electrons. The predicted molar refractivity (Wildman–Crippen MR) is 74.7 cm³/mol. The Morgan fingerprint density at radius 2 is 2.05 bits per heavy atom. The highest BCUT2D eigenvalue weighted by atomic mass is 35.5. The fraction of sp³-hybridized carbons (Fsp3) is 0.214. The van der Waals surface area contributed by atoms with Gasteiger partial charge in [0.2, 0.25) is 5.88 Å². The second kappa shape index (κ2) is 6.22. The van der Waals surface area contributed by atoms with Crippen molar-refractivity contribution < 1.29 is 9.13 Å². The van der Waals surface area contributed by atoms with Crippen LogP contribution in [0.1, 0.15) is 18.2 Å². The van der Waals surface area contributed by atoms with Crippen LogP contribution in [0.3, 0.4) is 0 Å². The monoisotopic (exact) mass is 299 g/mol. The van der Waals surface area contributed by atoms with E-state index in [9.17, 15) is 4.39 Å². The molecule has 2 aromatic rings. The van der Waals surface area contributed by atoms with Crippen LogP contribution in [0, 0.1) is 5.82 Å². The molecule has 0 atom stereocenters. The quantitative estimate of drug-likeness (QED) is 0.744. The predicted octanol–water partition coefficient (Wildman–Crippen LogP) is 4.97. The second-order valence-corrected chi connectivity index (χ2v) is 4.64. The lowest BCUT2D eigenvalue weighted by atomic mass is 10.2. The van der Waals surface area contributed by atoms with Crippen molar-refractivity contribution in [3.8, 4) is 11.6 Å². The number of alkyl halides is 1. The molecule has 0 N–H and O–H groups in total. The highest BCUT2D eigenvalue weighted by molar-refractivity contribution is 6.32. The van der Waals surface area contributed by atoms with E-state index in [1.165, 1.54) is 18.2 Å². The molecule has 0 aliphatic heterocycles. The number of hydrogen-bond acceptors (Lipinski definition) is 2. The van der Waals surface area contributed by atoms with Crippen LogP contribution in [-0.2, 0) is 12.3 Å². The van der Waals surface area contributed by atoms with Gasteiger partial charge in [0.05, 0.1) is 5.02 Å². The van der Waals surface area contributed by atoms with Crippen molar-refractivity contribution in [2.75, 3.05) is 0 Å². The minimum Gasteiger partial charge on any atom is -0.437 e. The Balaban J connectivity index is 2.31. The lowest BCUT2D eigenvalue weighted by Crippen LogP contribution is -1.95. The zero-order chi connectivity index (χ0) is 13.8. The van der Waals surface area contributed by atoms with Crippen molar-refractivity contribution in [2.45, 2.75) is 19.2 Å². The molecule has 0 amide bonds. The van der Waals surface area contributed by atoms with Gasteiger partial charge in [-0.15, -0.1) is 11.6 Å². The van der Waals surface area contributed by atoms with Gasteiger partial charge < -0.3 is 4.74 Å². The highest BCUT2D eigenvalue weighted by Gasteiger charge is 2.07. The number of benzene rings is 1. The minimum atomic E-state index is -0.408. The maximum absolute atomic E-state index is 13.0. The first-order chi connectivity index (χ1) is 9.12. The van der Waals surface area contributed by atoms with Gasteiger partial charge in [0.25, 0.3) is 0 Å². The molecular formula is C14H12Cl2FNO. The van der Waals surface area contributed by atoms with Crippen molar-refractivity contribution in [3.05, 3.63) is 52.4 Å². The van der Waals surface area contributed by atoms with Crippen molar-refractivity contribution >= 4 is 23.2 Å². The SMILES string of the molecule is CCc1cc(CCl)cc(Oc2ccc(F)cc2Cl)n1. The van der Waals surface area contributed by atoms with Gasteiger partial charge in [0.1, 0.15) is 11.6 Å². The third-order valence-corrected chi connectivity index (χ3v) is 3.14. The molecule has 2 rings (SSSR count). The average Bonchev–Trinajstić information content (AvgIpc) is 2.41. The van der Waals surface area contributed by atoms with Crippen LogP contribution in [0.5, 0.6) is 11.6 Å². The summed E-state index contributed by atoms with van der Waals surface area (Å²) in [6, 6.07) is 7.62. The smallest absolute Gasteiger partial charge is 0.219 e. The summed E-state index contributed by atoms with van der Waals surface area (Å²) in [5, 5.41) is 0.205. The third-order valence-electron chi connectivity index (χ3n) is 2.54. The molecule has 1 aromatic heterocycles. The Kier molecular flexibility index (Phi) is 4.61. The first-order valence-electron chi connectivity index (χ1n) is 5.81. The number of rotatable bonds is 4. The van der Waals surface area contributed by atoms with Gasteiger partial charge in [0.15, 0.2) is 0 Å². The molecular weight excluding hydrogens is 288 g/mol. The highest BCUT2D eigenvalue weighted by Crippen LogP contribution is 2.29. The summed E-state index contributed by atoms with van der Waals surface area (Å²) in [7, 11) is 0. The standard InChI is InChI=1S/C14H12Cl2FNO/c1-2-11-5-9(8-15)6-14(18-11)19-13-4-3-10(17)7-12(13)16/h3-7H,2,8H2,1H3. The number of aromatic nitrogens is 1.